The first-order valence-electron chi connectivity index (χ1n) is 8.08. The minimum absolute atomic E-state index is 0.0480. The lowest BCUT2D eigenvalue weighted by atomic mass is 9.86. The Hall–Kier alpha value is -1.55. The summed E-state index contributed by atoms with van der Waals surface area (Å²) in [4.78, 5) is 11.6. The van der Waals surface area contributed by atoms with Crippen molar-refractivity contribution in [3.63, 3.8) is 0 Å². The SMILES string of the molecule is CCc1cc(C(O)CC)cc2c1OC(C)(C)CC2NC(C)=O. The predicted octanol–water partition coefficient (Wildman–Crippen LogP) is 3.43. The van der Waals surface area contributed by atoms with Crippen LogP contribution < -0.4 is 10.1 Å². The molecule has 0 bridgehead atoms. The number of benzene rings is 1. The largest absolute Gasteiger partial charge is 0.487 e. The van der Waals surface area contributed by atoms with Crippen LogP contribution in [0.15, 0.2) is 12.1 Å². The van der Waals surface area contributed by atoms with Gasteiger partial charge in [-0.1, -0.05) is 13.8 Å². The summed E-state index contributed by atoms with van der Waals surface area (Å²) in [6.07, 6.45) is 1.73. The van der Waals surface area contributed by atoms with Gasteiger partial charge in [0.25, 0.3) is 0 Å². The fourth-order valence-electron chi connectivity index (χ4n) is 3.11. The molecule has 0 fully saturated rings. The van der Waals surface area contributed by atoms with Crippen LogP contribution in [-0.4, -0.2) is 16.6 Å². The summed E-state index contributed by atoms with van der Waals surface area (Å²) in [7, 11) is 0. The first kappa shape index (κ1) is 16.8. The second kappa shape index (κ2) is 6.29. The molecule has 2 N–H and O–H groups in total. The summed E-state index contributed by atoms with van der Waals surface area (Å²) in [5.41, 5.74) is 2.64. The number of rotatable bonds is 4. The first-order chi connectivity index (χ1) is 10.3. The number of ether oxygens (including phenoxy) is 1. The highest BCUT2D eigenvalue weighted by atomic mass is 16.5. The minimum atomic E-state index is -0.483. The highest BCUT2D eigenvalue weighted by Gasteiger charge is 2.36. The summed E-state index contributed by atoms with van der Waals surface area (Å²) >= 11 is 0. The number of carbonyl (C=O) groups excluding carboxylic acids is 1. The molecule has 1 aromatic rings. The fourth-order valence-corrected chi connectivity index (χ4v) is 3.11. The molecule has 2 rings (SSSR count). The topological polar surface area (TPSA) is 58.6 Å². The van der Waals surface area contributed by atoms with E-state index in [1.165, 1.54) is 6.92 Å². The minimum Gasteiger partial charge on any atom is -0.487 e. The third-order valence-electron chi connectivity index (χ3n) is 4.20. The van der Waals surface area contributed by atoms with E-state index in [0.717, 1.165) is 28.9 Å². The van der Waals surface area contributed by atoms with Gasteiger partial charge in [-0.3, -0.25) is 4.79 Å². The van der Waals surface area contributed by atoms with E-state index in [1.807, 2.05) is 32.9 Å². The molecule has 0 aromatic heterocycles. The van der Waals surface area contributed by atoms with Crippen LogP contribution in [0.2, 0.25) is 0 Å². The van der Waals surface area contributed by atoms with Gasteiger partial charge in [-0.05, 0) is 49.9 Å². The molecule has 1 amide bonds. The van der Waals surface area contributed by atoms with E-state index in [4.69, 9.17) is 4.74 Å². The van der Waals surface area contributed by atoms with E-state index < -0.39 is 6.10 Å². The van der Waals surface area contributed by atoms with Gasteiger partial charge in [-0.2, -0.15) is 0 Å². The standard InChI is InChI=1S/C18H27NO3/c1-6-12-8-13(16(21)7-2)9-14-15(19-11(3)20)10-18(4,5)22-17(12)14/h8-9,15-16,21H,6-7,10H2,1-5H3,(H,19,20). The number of hydrogen-bond donors (Lipinski definition) is 2. The molecular weight excluding hydrogens is 278 g/mol. The van der Waals surface area contributed by atoms with Crippen molar-refractivity contribution >= 4 is 5.91 Å². The van der Waals surface area contributed by atoms with E-state index >= 15 is 0 Å². The Labute approximate surface area is 132 Å². The van der Waals surface area contributed by atoms with Crippen LogP contribution in [0.5, 0.6) is 5.75 Å². The highest BCUT2D eigenvalue weighted by Crippen LogP contribution is 2.43. The van der Waals surface area contributed by atoms with E-state index in [2.05, 4.69) is 12.2 Å². The van der Waals surface area contributed by atoms with Crippen LogP contribution >= 0.6 is 0 Å². The van der Waals surface area contributed by atoms with E-state index in [9.17, 15) is 9.90 Å². The highest BCUT2D eigenvalue weighted by molar-refractivity contribution is 5.73. The summed E-state index contributed by atoms with van der Waals surface area (Å²) in [5.74, 6) is 0.817. The predicted molar refractivity (Wildman–Crippen MR) is 87.0 cm³/mol. The zero-order valence-corrected chi connectivity index (χ0v) is 14.2. The van der Waals surface area contributed by atoms with Crippen LogP contribution in [0, 0.1) is 0 Å². The van der Waals surface area contributed by atoms with E-state index in [0.29, 0.717) is 12.8 Å². The smallest absolute Gasteiger partial charge is 0.217 e. The molecule has 122 valence electrons. The van der Waals surface area contributed by atoms with Gasteiger partial charge < -0.3 is 15.2 Å². The molecule has 0 saturated heterocycles. The molecular formula is C18H27NO3. The Morgan fingerprint density at radius 1 is 1.45 bits per heavy atom. The Bertz CT molecular complexity index is 566. The quantitative estimate of drug-likeness (QED) is 0.896. The maximum absolute atomic E-state index is 11.6. The van der Waals surface area contributed by atoms with Crippen molar-refractivity contribution in [3.05, 3.63) is 28.8 Å². The maximum Gasteiger partial charge on any atom is 0.217 e. The van der Waals surface area contributed by atoms with Gasteiger partial charge in [0.15, 0.2) is 0 Å². The van der Waals surface area contributed by atoms with Gasteiger partial charge in [0.1, 0.15) is 11.4 Å². The zero-order valence-electron chi connectivity index (χ0n) is 14.2. The van der Waals surface area contributed by atoms with Crippen molar-refractivity contribution in [1.29, 1.82) is 0 Å². The first-order valence-corrected chi connectivity index (χ1v) is 8.08. The van der Waals surface area contributed by atoms with Gasteiger partial charge in [0, 0.05) is 18.9 Å². The van der Waals surface area contributed by atoms with Crippen LogP contribution in [-0.2, 0) is 11.2 Å². The molecule has 0 radical (unpaired) electrons. The van der Waals surface area contributed by atoms with Crippen molar-refractivity contribution < 1.29 is 14.6 Å². The van der Waals surface area contributed by atoms with Crippen molar-refractivity contribution in [2.45, 2.75) is 71.6 Å². The Balaban J connectivity index is 2.56. The Morgan fingerprint density at radius 2 is 2.14 bits per heavy atom. The number of aliphatic hydroxyl groups is 1. The molecule has 0 saturated carbocycles. The number of fused-ring (bicyclic) bond motifs is 1. The lowest BCUT2D eigenvalue weighted by Gasteiger charge is -2.39. The summed E-state index contributed by atoms with van der Waals surface area (Å²) in [5, 5.41) is 13.2. The molecule has 2 unspecified atom stereocenters. The Kier molecular flexibility index (Phi) is 4.81. The van der Waals surface area contributed by atoms with Gasteiger partial charge >= 0.3 is 0 Å². The van der Waals surface area contributed by atoms with Gasteiger partial charge in [0.05, 0.1) is 12.1 Å². The van der Waals surface area contributed by atoms with Crippen molar-refractivity contribution in [2.75, 3.05) is 0 Å². The number of amides is 1. The summed E-state index contributed by atoms with van der Waals surface area (Å²) < 4.78 is 6.19. The van der Waals surface area contributed by atoms with Crippen LogP contribution in [0.4, 0.5) is 0 Å². The lowest BCUT2D eigenvalue weighted by Crippen LogP contribution is -2.41. The number of aryl methyl sites for hydroxylation is 1. The average Bonchev–Trinajstić information content (AvgIpc) is 2.44. The molecule has 22 heavy (non-hydrogen) atoms. The number of carbonyl (C=O) groups is 1. The lowest BCUT2D eigenvalue weighted by molar-refractivity contribution is -0.120. The molecule has 4 heteroatoms. The van der Waals surface area contributed by atoms with Crippen molar-refractivity contribution in [2.24, 2.45) is 0 Å². The molecule has 1 heterocycles. The summed E-state index contributed by atoms with van der Waals surface area (Å²) in [6, 6.07) is 3.93. The molecule has 0 spiro atoms. The molecule has 2 atom stereocenters. The normalized spacial score (nSPS) is 20.7. The fraction of sp³-hybridized carbons (Fsp3) is 0.611. The van der Waals surface area contributed by atoms with Gasteiger partial charge in [-0.15, -0.1) is 0 Å². The second-order valence-corrected chi connectivity index (χ2v) is 6.69. The number of hydrogen-bond acceptors (Lipinski definition) is 3. The number of nitrogens with one attached hydrogen (secondary N) is 1. The monoisotopic (exact) mass is 305 g/mol. The third-order valence-corrected chi connectivity index (χ3v) is 4.20. The molecule has 1 aliphatic rings. The van der Waals surface area contributed by atoms with Crippen molar-refractivity contribution in [3.8, 4) is 5.75 Å². The second-order valence-electron chi connectivity index (χ2n) is 6.69. The number of aliphatic hydroxyl groups excluding tert-OH is 1. The van der Waals surface area contributed by atoms with Gasteiger partial charge in [-0.25, -0.2) is 0 Å². The molecule has 0 aliphatic carbocycles. The van der Waals surface area contributed by atoms with E-state index in [1.54, 1.807) is 0 Å². The summed E-state index contributed by atoms with van der Waals surface area (Å²) in [6.45, 7) is 9.66. The van der Waals surface area contributed by atoms with Crippen LogP contribution in [0.25, 0.3) is 0 Å². The third kappa shape index (κ3) is 3.43. The van der Waals surface area contributed by atoms with Crippen LogP contribution in [0.3, 0.4) is 0 Å². The molecule has 1 aromatic carbocycles. The zero-order chi connectivity index (χ0) is 16.5. The van der Waals surface area contributed by atoms with Gasteiger partial charge in [0.2, 0.25) is 5.91 Å². The van der Waals surface area contributed by atoms with Crippen molar-refractivity contribution in [1.82, 2.24) is 5.32 Å². The van der Waals surface area contributed by atoms with E-state index in [-0.39, 0.29) is 17.6 Å². The van der Waals surface area contributed by atoms with Crippen LogP contribution in [0.1, 0.15) is 76.3 Å². The molecule has 4 nitrogen and oxygen atoms in total. The Morgan fingerprint density at radius 3 is 2.68 bits per heavy atom. The maximum atomic E-state index is 11.6. The molecule has 1 aliphatic heterocycles. The average molecular weight is 305 g/mol.